The molecule has 0 saturated heterocycles. The average molecular weight is 185 g/mol. The minimum atomic E-state index is 0.443. The number of nitrogens with zero attached hydrogens (tertiary/aromatic N) is 1. The zero-order valence-corrected chi connectivity index (χ0v) is 8.42. The SMILES string of the molecule is CCCCCCCOCCN=C=O. The van der Waals surface area contributed by atoms with Crippen LogP contribution in [0.5, 0.6) is 0 Å². The summed E-state index contributed by atoms with van der Waals surface area (Å²) in [5.74, 6) is 0. The van der Waals surface area contributed by atoms with E-state index in [-0.39, 0.29) is 0 Å². The van der Waals surface area contributed by atoms with E-state index < -0.39 is 0 Å². The second-order valence-electron chi connectivity index (χ2n) is 3.00. The molecule has 3 heteroatoms. The molecule has 0 rings (SSSR count). The molecule has 0 fully saturated rings. The fourth-order valence-electron chi connectivity index (χ4n) is 1.07. The fourth-order valence-corrected chi connectivity index (χ4v) is 1.07. The van der Waals surface area contributed by atoms with Gasteiger partial charge in [-0.1, -0.05) is 32.6 Å². The Bertz CT molecular complexity index is 142. The minimum absolute atomic E-state index is 0.443. The van der Waals surface area contributed by atoms with E-state index in [0.29, 0.717) is 13.2 Å². The third kappa shape index (κ3) is 11.3. The van der Waals surface area contributed by atoms with Gasteiger partial charge in [0.1, 0.15) is 0 Å². The summed E-state index contributed by atoms with van der Waals surface area (Å²) < 4.78 is 5.24. The van der Waals surface area contributed by atoms with Crippen LogP contribution in [0.3, 0.4) is 0 Å². The Kier molecular flexibility index (Phi) is 10.8. The van der Waals surface area contributed by atoms with Gasteiger partial charge in [-0.25, -0.2) is 9.79 Å². The molecule has 0 saturated carbocycles. The second kappa shape index (κ2) is 11.3. The van der Waals surface area contributed by atoms with Crippen LogP contribution in [-0.2, 0) is 9.53 Å². The van der Waals surface area contributed by atoms with E-state index >= 15 is 0 Å². The van der Waals surface area contributed by atoms with Gasteiger partial charge in [-0.15, -0.1) is 0 Å². The summed E-state index contributed by atoms with van der Waals surface area (Å²) in [6.45, 7) is 3.98. The van der Waals surface area contributed by atoms with Gasteiger partial charge in [-0.05, 0) is 6.42 Å². The van der Waals surface area contributed by atoms with Crippen molar-refractivity contribution in [3.63, 3.8) is 0 Å². The molecule has 0 amide bonds. The molecule has 0 N–H and O–H groups in total. The summed E-state index contributed by atoms with van der Waals surface area (Å²) in [5.41, 5.74) is 0. The molecule has 0 aliphatic heterocycles. The first-order valence-corrected chi connectivity index (χ1v) is 5.03. The predicted octanol–water partition coefficient (Wildman–Crippen LogP) is 2.31. The molecular weight excluding hydrogens is 166 g/mol. The summed E-state index contributed by atoms with van der Waals surface area (Å²) in [6.07, 6.45) is 7.72. The van der Waals surface area contributed by atoms with Crippen LogP contribution < -0.4 is 0 Å². The highest BCUT2D eigenvalue weighted by Crippen LogP contribution is 2.01. The van der Waals surface area contributed by atoms with Crippen molar-refractivity contribution >= 4 is 6.08 Å². The number of hydrogen-bond donors (Lipinski definition) is 0. The molecule has 0 aliphatic carbocycles. The molecule has 0 aromatic heterocycles. The first kappa shape index (κ1) is 12.3. The molecule has 0 aromatic carbocycles. The molecule has 0 heterocycles. The summed E-state index contributed by atoms with van der Waals surface area (Å²) in [4.78, 5) is 13.1. The number of ether oxygens (including phenoxy) is 1. The fraction of sp³-hybridized carbons (Fsp3) is 0.900. The van der Waals surface area contributed by atoms with Crippen molar-refractivity contribution in [2.45, 2.75) is 39.0 Å². The van der Waals surface area contributed by atoms with Crippen LogP contribution in [-0.4, -0.2) is 25.8 Å². The van der Waals surface area contributed by atoms with Crippen LogP contribution in [0.25, 0.3) is 0 Å². The van der Waals surface area contributed by atoms with Crippen LogP contribution in [0.1, 0.15) is 39.0 Å². The molecule has 0 atom stereocenters. The molecule has 0 spiro atoms. The van der Waals surface area contributed by atoms with Crippen LogP contribution in [0.15, 0.2) is 4.99 Å². The van der Waals surface area contributed by atoms with Crippen LogP contribution in [0, 0.1) is 0 Å². The Morgan fingerprint density at radius 2 is 1.92 bits per heavy atom. The molecule has 3 nitrogen and oxygen atoms in total. The van der Waals surface area contributed by atoms with E-state index in [2.05, 4.69) is 11.9 Å². The van der Waals surface area contributed by atoms with E-state index in [4.69, 9.17) is 4.74 Å². The summed E-state index contributed by atoms with van der Waals surface area (Å²) in [5, 5.41) is 0. The van der Waals surface area contributed by atoms with Gasteiger partial charge < -0.3 is 4.74 Å². The Morgan fingerprint density at radius 1 is 1.15 bits per heavy atom. The molecule has 0 radical (unpaired) electrons. The standard InChI is InChI=1S/C10H19NO2/c1-2-3-4-5-6-8-13-9-7-11-10-12/h2-9H2,1H3. The molecule has 0 bridgehead atoms. The van der Waals surface area contributed by atoms with Crippen molar-refractivity contribution in [1.82, 2.24) is 0 Å². The van der Waals surface area contributed by atoms with Gasteiger partial charge in [-0.3, -0.25) is 0 Å². The van der Waals surface area contributed by atoms with Gasteiger partial charge in [0.05, 0.1) is 13.2 Å². The summed E-state index contributed by atoms with van der Waals surface area (Å²) in [6, 6.07) is 0. The van der Waals surface area contributed by atoms with Crippen molar-refractivity contribution in [1.29, 1.82) is 0 Å². The van der Waals surface area contributed by atoms with Crippen molar-refractivity contribution in [2.75, 3.05) is 19.8 Å². The van der Waals surface area contributed by atoms with E-state index in [1.54, 1.807) is 0 Å². The second-order valence-corrected chi connectivity index (χ2v) is 3.00. The number of aliphatic imine (C=N–C) groups is 1. The first-order valence-electron chi connectivity index (χ1n) is 5.03. The molecule has 13 heavy (non-hydrogen) atoms. The number of isocyanates is 1. The Hall–Kier alpha value is -0.660. The molecule has 0 aliphatic rings. The number of unbranched alkanes of at least 4 members (excludes halogenated alkanes) is 4. The zero-order valence-electron chi connectivity index (χ0n) is 8.42. The van der Waals surface area contributed by atoms with Crippen molar-refractivity contribution in [3.8, 4) is 0 Å². The van der Waals surface area contributed by atoms with Crippen LogP contribution in [0.2, 0.25) is 0 Å². The van der Waals surface area contributed by atoms with Gasteiger partial charge in [0, 0.05) is 6.61 Å². The highest BCUT2D eigenvalue weighted by molar-refractivity contribution is 5.32. The third-order valence-electron chi connectivity index (χ3n) is 1.80. The number of carbonyl (C=O) groups excluding carboxylic acids is 1. The average Bonchev–Trinajstić information content (AvgIpc) is 2.16. The predicted molar refractivity (Wildman–Crippen MR) is 52.6 cm³/mol. The molecule has 0 aromatic rings. The minimum Gasteiger partial charge on any atom is -0.379 e. The molecular formula is C10H19NO2. The number of rotatable bonds is 9. The lowest BCUT2D eigenvalue weighted by Crippen LogP contribution is -1.99. The largest absolute Gasteiger partial charge is 0.379 e. The van der Waals surface area contributed by atoms with E-state index in [1.807, 2.05) is 0 Å². The summed E-state index contributed by atoms with van der Waals surface area (Å²) >= 11 is 0. The quantitative estimate of drug-likeness (QED) is 0.314. The van der Waals surface area contributed by atoms with Crippen LogP contribution in [0.4, 0.5) is 0 Å². The monoisotopic (exact) mass is 185 g/mol. The maximum Gasteiger partial charge on any atom is 0.235 e. The van der Waals surface area contributed by atoms with Gasteiger partial charge in [0.15, 0.2) is 0 Å². The topological polar surface area (TPSA) is 38.7 Å². The zero-order chi connectivity index (χ0) is 9.78. The van der Waals surface area contributed by atoms with Crippen LogP contribution >= 0.6 is 0 Å². The lowest BCUT2D eigenvalue weighted by Gasteiger charge is -2.01. The van der Waals surface area contributed by atoms with Gasteiger partial charge >= 0.3 is 0 Å². The highest BCUT2D eigenvalue weighted by Gasteiger charge is 1.89. The van der Waals surface area contributed by atoms with Crippen molar-refractivity contribution < 1.29 is 9.53 Å². The Morgan fingerprint density at radius 3 is 2.62 bits per heavy atom. The maximum absolute atomic E-state index is 9.66. The smallest absolute Gasteiger partial charge is 0.235 e. The normalized spacial score (nSPS) is 9.62. The van der Waals surface area contributed by atoms with Crippen molar-refractivity contribution in [3.05, 3.63) is 0 Å². The Labute approximate surface area is 80.2 Å². The number of hydrogen-bond acceptors (Lipinski definition) is 3. The van der Waals surface area contributed by atoms with E-state index in [9.17, 15) is 4.79 Å². The maximum atomic E-state index is 9.66. The Balaban J connectivity index is 2.87. The lowest BCUT2D eigenvalue weighted by atomic mass is 10.2. The molecule has 0 unspecified atom stereocenters. The molecule has 76 valence electrons. The van der Waals surface area contributed by atoms with Gasteiger partial charge in [0.2, 0.25) is 6.08 Å². The summed E-state index contributed by atoms with van der Waals surface area (Å²) in [7, 11) is 0. The van der Waals surface area contributed by atoms with Crippen molar-refractivity contribution in [2.24, 2.45) is 4.99 Å². The van der Waals surface area contributed by atoms with E-state index in [1.165, 1.54) is 31.8 Å². The van der Waals surface area contributed by atoms with Gasteiger partial charge in [0.25, 0.3) is 0 Å². The third-order valence-corrected chi connectivity index (χ3v) is 1.80. The highest BCUT2D eigenvalue weighted by atomic mass is 16.5. The first-order chi connectivity index (χ1) is 6.41. The van der Waals surface area contributed by atoms with Gasteiger partial charge in [-0.2, -0.15) is 0 Å². The van der Waals surface area contributed by atoms with E-state index in [0.717, 1.165) is 13.0 Å². The lowest BCUT2D eigenvalue weighted by molar-refractivity contribution is 0.137.